The van der Waals surface area contributed by atoms with Crippen LogP contribution in [0, 0.1) is 19.8 Å². The highest BCUT2D eigenvalue weighted by atomic mass is 35.5. The molecule has 0 fully saturated rings. The molecule has 3 aromatic rings. The second-order valence-corrected chi connectivity index (χ2v) is 11.1. The molecule has 8 heteroatoms. The van der Waals surface area contributed by atoms with E-state index >= 15 is 0 Å². The summed E-state index contributed by atoms with van der Waals surface area (Å²) in [5.41, 5.74) is 3.41. The third-order valence-corrected chi connectivity index (χ3v) is 7.49. The zero-order chi connectivity index (χ0) is 25.8. The quantitative estimate of drug-likeness (QED) is 0.351. The van der Waals surface area contributed by atoms with Gasteiger partial charge in [-0.2, -0.15) is 0 Å². The Morgan fingerprint density at radius 1 is 1.00 bits per heavy atom. The second kappa shape index (κ2) is 11.1. The minimum Gasteiger partial charge on any atom is -0.497 e. The maximum absolute atomic E-state index is 13.2. The average Bonchev–Trinajstić information content (AvgIpc) is 2.80. The van der Waals surface area contributed by atoms with Crippen molar-refractivity contribution in [1.82, 2.24) is 5.32 Å². The number of ether oxygens (including phenoxy) is 1. The van der Waals surface area contributed by atoms with Crippen LogP contribution in [-0.4, -0.2) is 21.4 Å². The molecule has 0 saturated heterocycles. The number of nitrogens with one attached hydrogen (secondary N) is 2. The van der Waals surface area contributed by atoms with E-state index in [0.29, 0.717) is 18.0 Å². The van der Waals surface area contributed by atoms with Gasteiger partial charge in [0.1, 0.15) is 10.6 Å². The predicted molar refractivity (Wildman–Crippen MR) is 141 cm³/mol. The fraction of sp³-hybridized carbons (Fsp3) is 0.296. The SMILES string of the molecule is COc1ccc([C@H](CC(C)C)NC(=O)c2ccc(Cl)c(S(=O)(=O)Nc3ccc(C)cc3C)c2)cc1. The van der Waals surface area contributed by atoms with Crippen molar-refractivity contribution < 1.29 is 17.9 Å². The summed E-state index contributed by atoms with van der Waals surface area (Å²) >= 11 is 6.25. The van der Waals surface area contributed by atoms with Crippen molar-refractivity contribution in [3.63, 3.8) is 0 Å². The molecule has 0 saturated carbocycles. The number of aryl methyl sites for hydroxylation is 2. The number of hydrogen-bond acceptors (Lipinski definition) is 4. The lowest BCUT2D eigenvalue weighted by atomic mass is 9.96. The number of amides is 1. The number of anilines is 1. The lowest BCUT2D eigenvalue weighted by Gasteiger charge is -2.22. The van der Waals surface area contributed by atoms with Gasteiger partial charge in [0.25, 0.3) is 15.9 Å². The van der Waals surface area contributed by atoms with Crippen molar-refractivity contribution in [2.75, 3.05) is 11.8 Å². The van der Waals surface area contributed by atoms with Crippen LogP contribution in [-0.2, 0) is 10.0 Å². The van der Waals surface area contributed by atoms with Crippen LogP contribution in [0.15, 0.2) is 65.6 Å². The lowest BCUT2D eigenvalue weighted by molar-refractivity contribution is 0.0931. The molecule has 1 amide bonds. The van der Waals surface area contributed by atoms with Crippen LogP contribution >= 0.6 is 11.6 Å². The molecule has 0 unspecified atom stereocenters. The van der Waals surface area contributed by atoms with Gasteiger partial charge in [-0.3, -0.25) is 9.52 Å². The fourth-order valence-corrected chi connectivity index (χ4v) is 5.46. The van der Waals surface area contributed by atoms with Gasteiger partial charge in [0.15, 0.2) is 0 Å². The van der Waals surface area contributed by atoms with Gasteiger partial charge in [0, 0.05) is 5.56 Å². The summed E-state index contributed by atoms with van der Waals surface area (Å²) in [6, 6.07) is 16.9. The van der Waals surface area contributed by atoms with Crippen molar-refractivity contribution in [2.45, 2.75) is 45.1 Å². The fourth-order valence-electron chi connectivity index (χ4n) is 3.81. The minimum absolute atomic E-state index is 0.0349. The zero-order valence-corrected chi connectivity index (χ0v) is 22.1. The Balaban J connectivity index is 1.88. The number of sulfonamides is 1. The van der Waals surface area contributed by atoms with Crippen LogP contribution in [0.1, 0.15) is 53.4 Å². The molecule has 3 rings (SSSR count). The van der Waals surface area contributed by atoms with Gasteiger partial charge < -0.3 is 10.1 Å². The van der Waals surface area contributed by atoms with E-state index in [1.54, 1.807) is 13.2 Å². The third-order valence-electron chi connectivity index (χ3n) is 5.64. The van der Waals surface area contributed by atoms with E-state index in [4.69, 9.17) is 16.3 Å². The van der Waals surface area contributed by atoms with E-state index in [1.165, 1.54) is 18.2 Å². The Labute approximate surface area is 212 Å². The van der Waals surface area contributed by atoms with E-state index < -0.39 is 10.0 Å². The van der Waals surface area contributed by atoms with Crippen LogP contribution in [0.25, 0.3) is 0 Å². The van der Waals surface area contributed by atoms with Gasteiger partial charge in [-0.15, -0.1) is 0 Å². The van der Waals surface area contributed by atoms with Crippen LogP contribution in [0.3, 0.4) is 0 Å². The Morgan fingerprint density at radius 3 is 2.29 bits per heavy atom. The maximum Gasteiger partial charge on any atom is 0.263 e. The number of halogens is 1. The number of hydrogen-bond donors (Lipinski definition) is 2. The predicted octanol–water partition coefficient (Wildman–Crippen LogP) is 6.28. The molecule has 0 bridgehead atoms. The Morgan fingerprint density at radius 2 is 1.69 bits per heavy atom. The smallest absolute Gasteiger partial charge is 0.263 e. The molecule has 0 radical (unpaired) electrons. The van der Waals surface area contributed by atoms with Gasteiger partial charge in [0.2, 0.25) is 0 Å². The molecule has 186 valence electrons. The minimum atomic E-state index is -4.02. The second-order valence-electron chi connectivity index (χ2n) is 9.00. The topological polar surface area (TPSA) is 84.5 Å². The van der Waals surface area contributed by atoms with Crippen molar-refractivity contribution in [1.29, 1.82) is 0 Å². The van der Waals surface area contributed by atoms with Crippen LogP contribution in [0.4, 0.5) is 5.69 Å². The molecule has 1 atom stereocenters. The first-order chi connectivity index (χ1) is 16.5. The van der Waals surface area contributed by atoms with Crippen molar-refractivity contribution in [3.8, 4) is 5.75 Å². The number of methoxy groups -OCH3 is 1. The first-order valence-electron chi connectivity index (χ1n) is 11.3. The van der Waals surface area contributed by atoms with Crippen LogP contribution in [0.2, 0.25) is 5.02 Å². The number of benzene rings is 3. The van der Waals surface area contributed by atoms with Gasteiger partial charge >= 0.3 is 0 Å². The molecular weight excluding hydrogens is 484 g/mol. The van der Waals surface area contributed by atoms with E-state index in [2.05, 4.69) is 23.9 Å². The van der Waals surface area contributed by atoms with Gasteiger partial charge in [-0.05, 0) is 73.7 Å². The van der Waals surface area contributed by atoms with E-state index in [0.717, 1.165) is 22.4 Å². The van der Waals surface area contributed by atoms with E-state index in [-0.39, 0.29) is 27.4 Å². The molecule has 0 aromatic heterocycles. The van der Waals surface area contributed by atoms with E-state index in [9.17, 15) is 13.2 Å². The summed E-state index contributed by atoms with van der Waals surface area (Å²) in [5, 5.41) is 3.08. The average molecular weight is 515 g/mol. The normalized spacial score (nSPS) is 12.3. The van der Waals surface area contributed by atoms with Crippen molar-refractivity contribution >= 4 is 33.2 Å². The molecule has 0 spiro atoms. The molecule has 3 aromatic carbocycles. The standard InChI is InChI=1S/C27H31ClN2O4S/c1-17(2)14-25(20-7-10-22(34-5)11-8-20)29-27(31)21-9-12-23(28)26(16-21)35(32,33)30-24-13-6-18(3)15-19(24)4/h6-13,15-17,25,30H,14H2,1-5H3,(H,29,31)/t25-/m0/s1. The summed E-state index contributed by atoms with van der Waals surface area (Å²) in [6.07, 6.45) is 0.713. The van der Waals surface area contributed by atoms with Crippen LogP contribution < -0.4 is 14.8 Å². The highest BCUT2D eigenvalue weighted by Crippen LogP contribution is 2.28. The van der Waals surface area contributed by atoms with Gasteiger partial charge in [-0.1, -0.05) is 55.3 Å². The summed E-state index contributed by atoms with van der Waals surface area (Å²) in [7, 11) is -2.42. The first-order valence-corrected chi connectivity index (χ1v) is 13.2. The first kappa shape index (κ1) is 26.6. The molecule has 0 aliphatic heterocycles. The largest absolute Gasteiger partial charge is 0.497 e. The van der Waals surface area contributed by atoms with Crippen LogP contribution in [0.5, 0.6) is 5.75 Å². The summed E-state index contributed by atoms with van der Waals surface area (Å²) < 4.78 is 34.1. The van der Waals surface area contributed by atoms with Crippen molar-refractivity contribution in [2.24, 2.45) is 5.92 Å². The molecule has 0 aliphatic rings. The summed E-state index contributed by atoms with van der Waals surface area (Å²) in [5.74, 6) is 0.670. The Hall–Kier alpha value is -3.03. The van der Waals surface area contributed by atoms with Gasteiger partial charge in [-0.25, -0.2) is 8.42 Å². The Bertz CT molecular complexity index is 1310. The number of carbonyl (C=O) groups excluding carboxylic acids is 1. The molecule has 35 heavy (non-hydrogen) atoms. The highest BCUT2D eigenvalue weighted by molar-refractivity contribution is 7.92. The van der Waals surface area contributed by atoms with E-state index in [1.807, 2.05) is 50.2 Å². The number of rotatable bonds is 9. The molecule has 2 N–H and O–H groups in total. The molecule has 6 nitrogen and oxygen atoms in total. The zero-order valence-electron chi connectivity index (χ0n) is 20.6. The lowest BCUT2D eigenvalue weighted by Crippen LogP contribution is -2.29. The molecule has 0 aliphatic carbocycles. The number of carbonyl (C=O) groups is 1. The monoisotopic (exact) mass is 514 g/mol. The maximum atomic E-state index is 13.2. The summed E-state index contributed by atoms with van der Waals surface area (Å²) in [6.45, 7) is 7.91. The van der Waals surface area contributed by atoms with Gasteiger partial charge in [0.05, 0.1) is 23.9 Å². The molecular formula is C27H31ClN2O4S. The third kappa shape index (κ3) is 6.77. The summed E-state index contributed by atoms with van der Waals surface area (Å²) in [4.78, 5) is 13.0. The Kier molecular flexibility index (Phi) is 8.46. The molecule has 0 heterocycles. The highest BCUT2D eigenvalue weighted by Gasteiger charge is 2.23. The van der Waals surface area contributed by atoms with Crippen molar-refractivity contribution in [3.05, 3.63) is 87.9 Å².